The summed E-state index contributed by atoms with van der Waals surface area (Å²) >= 11 is 0. The second-order valence-corrected chi connectivity index (χ2v) is 8.08. The molecule has 8 heteroatoms. The maximum absolute atomic E-state index is 13.5. The molecule has 1 spiro atoms. The number of rotatable bonds is 4. The Hall–Kier alpha value is -3.13. The molecule has 0 aromatic heterocycles. The largest absolute Gasteiger partial charge is 0.504 e. The third kappa shape index (κ3) is 4.41. The molecule has 2 aliphatic rings. The van der Waals surface area contributed by atoms with Gasteiger partial charge in [-0.25, -0.2) is 9.18 Å². The summed E-state index contributed by atoms with van der Waals surface area (Å²) in [6.45, 7) is 3.13. The van der Waals surface area contributed by atoms with E-state index < -0.39 is 5.66 Å². The van der Waals surface area contributed by atoms with Crippen LogP contribution in [0.25, 0.3) is 0 Å². The molecule has 1 atom stereocenters. The fourth-order valence-electron chi connectivity index (χ4n) is 4.43. The zero-order valence-electron chi connectivity index (χ0n) is 18.3. The van der Waals surface area contributed by atoms with E-state index in [1.165, 1.54) is 19.2 Å². The Morgan fingerprint density at radius 1 is 1.25 bits per heavy atom. The Labute approximate surface area is 186 Å². The third-order valence-corrected chi connectivity index (χ3v) is 6.11. The van der Waals surface area contributed by atoms with Crippen LogP contribution in [0.3, 0.4) is 0 Å². The van der Waals surface area contributed by atoms with E-state index in [2.05, 4.69) is 5.32 Å². The first-order chi connectivity index (χ1) is 15.4. The Morgan fingerprint density at radius 3 is 2.62 bits per heavy atom. The van der Waals surface area contributed by atoms with E-state index in [0.717, 1.165) is 11.3 Å². The van der Waals surface area contributed by atoms with E-state index in [1.807, 2.05) is 12.1 Å². The molecular weight excluding hydrogens is 413 g/mol. The van der Waals surface area contributed by atoms with Crippen LogP contribution in [0.5, 0.6) is 11.5 Å². The number of hydrogen-bond acceptors (Lipinski definition) is 6. The standard InChI is InChI=1S/C24H28FN3O4/c1-3-32-23(30)28-13-11-24(12-14-28)26-19(16-7-9-17(25)10-8-16)15-20(27-24)18-5-4-6-21(31-2)22(18)29/h4-10,20,27,29H,3,11-15H2,1-2H3. The lowest BCUT2D eigenvalue weighted by molar-refractivity contribution is 0.0778. The number of piperidine rings is 1. The molecule has 4 rings (SSSR count). The zero-order chi connectivity index (χ0) is 22.7. The number of halogens is 1. The first-order valence-corrected chi connectivity index (χ1v) is 10.8. The van der Waals surface area contributed by atoms with Crippen molar-refractivity contribution in [2.75, 3.05) is 26.8 Å². The number of carbonyl (C=O) groups is 1. The molecule has 0 bridgehead atoms. The van der Waals surface area contributed by atoms with Crippen molar-refractivity contribution in [2.45, 2.75) is 37.9 Å². The van der Waals surface area contributed by atoms with Crippen molar-refractivity contribution in [1.29, 1.82) is 0 Å². The number of carbonyl (C=O) groups excluding carboxylic acids is 1. The highest BCUT2D eigenvalue weighted by Crippen LogP contribution is 2.40. The molecule has 170 valence electrons. The van der Waals surface area contributed by atoms with E-state index in [4.69, 9.17) is 14.5 Å². The van der Waals surface area contributed by atoms with E-state index >= 15 is 0 Å². The van der Waals surface area contributed by atoms with Crippen molar-refractivity contribution in [1.82, 2.24) is 10.2 Å². The number of aliphatic imine (C=N–C) groups is 1. The number of para-hydroxylation sites is 1. The van der Waals surface area contributed by atoms with Crippen molar-refractivity contribution in [3.05, 3.63) is 59.4 Å². The normalized spacial score (nSPS) is 20.0. The average molecular weight is 442 g/mol. The second kappa shape index (κ2) is 9.16. The summed E-state index contributed by atoms with van der Waals surface area (Å²) in [5.74, 6) is 0.191. The van der Waals surface area contributed by atoms with Gasteiger partial charge in [0.05, 0.1) is 13.7 Å². The van der Waals surface area contributed by atoms with Gasteiger partial charge in [-0.2, -0.15) is 0 Å². The number of likely N-dealkylation sites (tertiary alicyclic amines) is 1. The van der Waals surface area contributed by atoms with E-state index in [-0.39, 0.29) is 23.7 Å². The van der Waals surface area contributed by atoms with Gasteiger partial charge >= 0.3 is 6.09 Å². The smallest absolute Gasteiger partial charge is 0.409 e. The van der Waals surface area contributed by atoms with Gasteiger partial charge in [0.2, 0.25) is 0 Å². The summed E-state index contributed by atoms with van der Waals surface area (Å²) in [6, 6.07) is 11.5. The molecule has 32 heavy (non-hydrogen) atoms. The van der Waals surface area contributed by atoms with Crippen LogP contribution in [-0.4, -0.2) is 54.3 Å². The van der Waals surface area contributed by atoms with Crippen molar-refractivity contribution in [3.8, 4) is 11.5 Å². The molecule has 2 aliphatic heterocycles. The predicted molar refractivity (Wildman–Crippen MR) is 119 cm³/mol. The summed E-state index contributed by atoms with van der Waals surface area (Å²) in [5, 5.41) is 14.4. The van der Waals surface area contributed by atoms with Gasteiger partial charge in [0.15, 0.2) is 11.5 Å². The van der Waals surface area contributed by atoms with Gasteiger partial charge in [0.1, 0.15) is 11.5 Å². The van der Waals surface area contributed by atoms with Gasteiger partial charge < -0.3 is 19.5 Å². The third-order valence-electron chi connectivity index (χ3n) is 6.11. The minimum absolute atomic E-state index is 0.0898. The molecule has 1 fully saturated rings. The lowest BCUT2D eigenvalue weighted by atomic mass is 9.87. The Bertz CT molecular complexity index is 1000. The van der Waals surface area contributed by atoms with E-state index in [0.29, 0.717) is 50.3 Å². The van der Waals surface area contributed by atoms with E-state index in [9.17, 15) is 14.3 Å². The van der Waals surface area contributed by atoms with Gasteiger partial charge in [-0.15, -0.1) is 0 Å². The summed E-state index contributed by atoms with van der Waals surface area (Å²) in [4.78, 5) is 18.9. The van der Waals surface area contributed by atoms with Crippen molar-refractivity contribution >= 4 is 11.8 Å². The molecule has 1 saturated heterocycles. The van der Waals surface area contributed by atoms with Crippen LogP contribution >= 0.6 is 0 Å². The van der Waals surface area contributed by atoms with Crippen LogP contribution in [0.4, 0.5) is 9.18 Å². The summed E-state index contributed by atoms with van der Waals surface area (Å²) in [5.41, 5.74) is 1.78. The maximum atomic E-state index is 13.5. The van der Waals surface area contributed by atoms with Crippen LogP contribution in [0.2, 0.25) is 0 Å². The molecule has 2 aromatic carbocycles. The number of methoxy groups -OCH3 is 1. The SMILES string of the molecule is CCOC(=O)N1CCC2(CC1)N=C(c1ccc(F)cc1)CC(c1cccc(OC)c1O)N2. The Balaban J connectivity index is 1.67. The highest BCUT2D eigenvalue weighted by Gasteiger charge is 2.41. The number of phenolic OH excluding ortho intramolecular Hbond substituents is 1. The highest BCUT2D eigenvalue weighted by molar-refractivity contribution is 6.01. The molecule has 2 aromatic rings. The molecule has 0 radical (unpaired) electrons. The number of aromatic hydroxyl groups is 1. The minimum atomic E-state index is -0.606. The van der Waals surface area contributed by atoms with Crippen LogP contribution in [0.1, 0.15) is 43.4 Å². The van der Waals surface area contributed by atoms with Crippen LogP contribution in [-0.2, 0) is 4.74 Å². The number of amides is 1. The molecule has 0 saturated carbocycles. The molecule has 7 nitrogen and oxygen atoms in total. The average Bonchev–Trinajstić information content (AvgIpc) is 2.80. The number of nitrogens with one attached hydrogen (secondary N) is 1. The van der Waals surface area contributed by atoms with Gasteiger partial charge in [0, 0.05) is 49.7 Å². The molecule has 1 unspecified atom stereocenters. The number of phenols is 1. The lowest BCUT2D eigenvalue weighted by Crippen LogP contribution is -2.56. The number of nitrogens with zero attached hydrogens (tertiary/aromatic N) is 2. The maximum Gasteiger partial charge on any atom is 0.409 e. The fraction of sp³-hybridized carbons (Fsp3) is 0.417. The lowest BCUT2D eigenvalue weighted by Gasteiger charge is -2.45. The highest BCUT2D eigenvalue weighted by atomic mass is 19.1. The minimum Gasteiger partial charge on any atom is -0.504 e. The van der Waals surface area contributed by atoms with Crippen LogP contribution in [0.15, 0.2) is 47.5 Å². The summed E-state index contributed by atoms with van der Waals surface area (Å²) in [6.07, 6.45) is 1.40. The number of benzene rings is 2. The molecule has 2 N–H and O–H groups in total. The second-order valence-electron chi connectivity index (χ2n) is 8.08. The molecule has 2 heterocycles. The topological polar surface area (TPSA) is 83.4 Å². The first-order valence-electron chi connectivity index (χ1n) is 10.8. The molecule has 1 amide bonds. The molecular formula is C24H28FN3O4. The summed E-state index contributed by atoms with van der Waals surface area (Å²) < 4.78 is 23.9. The first kappa shape index (κ1) is 22.1. The van der Waals surface area contributed by atoms with Crippen molar-refractivity contribution in [3.63, 3.8) is 0 Å². The monoisotopic (exact) mass is 441 g/mol. The predicted octanol–water partition coefficient (Wildman–Crippen LogP) is 4.01. The van der Waals surface area contributed by atoms with Gasteiger partial charge in [0.25, 0.3) is 0 Å². The zero-order valence-corrected chi connectivity index (χ0v) is 18.3. The summed E-state index contributed by atoms with van der Waals surface area (Å²) in [7, 11) is 1.52. The van der Waals surface area contributed by atoms with E-state index in [1.54, 1.807) is 30.0 Å². The molecule has 0 aliphatic carbocycles. The van der Waals surface area contributed by atoms with Gasteiger partial charge in [-0.3, -0.25) is 10.3 Å². The van der Waals surface area contributed by atoms with Crippen LogP contribution < -0.4 is 10.1 Å². The van der Waals surface area contributed by atoms with Crippen molar-refractivity contribution < 1.29 is 23.8 Å². The number of ether oxygens (including phenoxy) is 2. The van der Waals surface area contributed by atoms with Gasteiger partial charge in [-0.05, 0) is 30.7 Å². The Kier molecular flexibility index (Phi) is 6.32. The number of hydrogen-bond donors (Lipinski definition) is 2. The quantitative estimate of drug-likeness (QED) is 0.749. The van der Waals surface area contributed by atoms with Crippen LogP contribution in [0, 0.1) is 5.82 Å². The fourth-order valence-corrected chi connectivity index (χ4v) is 4.43. The Morgan fingerprint density at radius 2 is 1.97 bits per heavy atom. The van der Waals surface area contributed by atoms with Crippen molar-refractivity contribution in [2.24, 2.45) is 4.99 Å². The van der Waals surface area contributed by atoms with Gasteiger partial charge in [-0.1, -0.05) is 24.3 Å².